The summed E-state index contributed by atoms with van der Waals surface area (Å²) in [7, 11) is 0. The zero-order valence-electron chi connectivity index (χ0n) is 11.4. The zero-order chi connectivity index (χ0) is 11.4. The van der Waals surface area contributed by atoms with Gasteiger partial charge in [0.1, 0.15) is 0 Å². The first-order valence-corrected chi connectivity index (χ1v) is 6.99. The van der Waals surface area contributed by atoms with E-state index in [0.29, 0.717) is 0 Å². The normalized spacial score (nSPS) is 48.0. The molecule has 0 heterocycles. The van der Waals surface area contributed by atoms with Gasteiger partial charge in [0.05, 0.1) is 0 Å². The molecule has 88 valence electrons. The van der Waals surface area contributed by atoms with E-state index >= 15 is 0 Å². The Hall–Kier alpha value is 0. The van der Waals surface area contributed by atoms with Gasteiger partial charge >= 0.3 is 0 Å². The number of rotatable bonds is 5. The molecule has 0 bridgehead atoms. The lowest BCUT2D eigenvalue weighted by Crippen LogP contribution is -2.15. The molecular formula is C15H28. The molecule has 2 fully saturated rings. The van der Waals surface area contributed by atoms with Gasteiger partial charge in [-0.1, -0.05) is 54.4 Å². The molecule has 0 aromatic carbocycles. The quantitative estimate of drug-likeness (QED) is 0.612. The molecule has 0 aromatic heterocycles. The van der Waals surface area contributed by atoms with Crippen LogP contribution in [0.25, 0.3) is 0 Å². The summed E-state index contributed by atoms with van der Waals surface area (Å²) in [5.74, 6) is 3.84. The van der Waals surface area contributed by atoms with Gasteiger partial charge in [0.25, 0.3) is 0 Å². The molecule has 6 atom stereocenters. The van der Waals surface area contributed by atoms with E-state index in [1.165, 1.54) is 12.8 Å². The number of fused-ring (bicyclic) bond motifs is 1. The van der Waals surface area contributed by atoms with Crippen LogP contribution < -0.4 is 0 Å². The summed E-state index contributed by atoms with van der Waals surface area (Å²) in [5.41, 5.74) is 1.56. The fourth-order valence-electron chi connectivity index (χ4n) is 4.76. The van der Waals surface area contributed by atoms with Gasteiger partial charge in [0.2, 0.25) is 0 Å². The minimum absolute atomic E-state index is 0.776. The van der Waals surface area contributed by atoms with Crippen LogP contribution in [-0.4, -0.2) is 0 Å². The number of hydrogen-bond donors (Lipinski definition) is 0. The molecule has 0 saturated heterocycles. The molecule has 0 N–H and O–H groups in total. The molecule has 6 unspecified atom stereocenters. The fraction of sp³-hybridized carbons (Fsp3) is 1.00. The van der Waals surface area contributed by atoms with Crippen LogP contribution in [0.3, 0.4) is 0 Å². The van der Waals surface area contributed by atoms with Crippen molar-refractivity contribution < 1.29 is 0 Å². The van der Waals surface area contributed by atoms with E-state index in [4.69, 9.17) is 0 Å². The first kappa shape index (κ1) is 11.5. The van der Waals surface area contributed by atoms with E-state index in [0.717, 1.165) is 34.5 Å². The number of hydrogen-bond acceptors (Lipinski definition) is 0. The van der Waals surface area contributed by atoms with Crippen molar-refractivity contribution in [2.75, 3.05) is 0 Å². The predicted octanol–water partition coefficient (Wildman–Crippen LogP) is 4.74. The zero-order valence-corrected chi connectivity index (χ0v) is 11.4. The van der Waals surface area contributed by atoms with Crippen molar-refractivity contribution in [1.82, 2.24) is 0 Å². The molecule has 2 aliphatic carbocycles. The molecule has 2 rings (SSSR count). The van der Waals surface area contributed by atoms with Crippen LogP contribution in [0.5, 0.6) is 0 Å². The average molecular weight is 208 g/mol. The van der Waals surface area contributed by atoms with Crippen molar-refractivity contribution in [3.05, 3.63) is 0 Å². The standard InChI is InChI=1S/C15H28/c1-7-10(3)12(5)15-9-14(15,13(15)6)11(4)8-2/h10-13H,7-9H2,1-6H3. The van der Waals surface area contributed by atoms with Crippen molar-refractivity contribution in [3.63, 3.8) is 0 Å². The molecule has 0 amide bonds. The average Bonchev–Trinajstić information content (AvgIpc) is 3.10. The summed E-state index contributed by atoms with van der Waals surface area (Å²) in [6.07, 6.45) is 4.27. The molecule has 15 heavy (non-hydrogen) atoms. The van der Waals surface area contributed by atoms with Gasteiger partial charge in [-0.05, 0) is 40.9 Å². The summed E-state index contributed by atoms with van der Waals surface area (Å²) >= 11 is 0. The lowest BCUT2D eigenvalue weighted by molar-refractivity contribution is 0.261. The van der Waals surface area contributed by atoms with E-state index in [1.807, 2.05) is 0 Å². The molecule has 0 spiro atoms. The van der Waals surface area contributed by atoms with Crippen LogP contribution in [0.15, 0.2) is 0 Å². The lowest BCUT2D eigenvalue weighted by Gasteiger charge is -2.23. The first-order chi connectivity index (χ1) is 6.99. The molecule has 0 nitrogen and oxygen atoms in total. The largest absolute Gasteiger partial charge is 0.0651 e. The second-order valence-corrected chi connectivity index (χ2v) is 6.46. The second kappa shape index (κ2) is 3.25. The second-order valence-electron chi connectivity index (χ2n) is 6.46. The molecule has 0 heteroatoms. The van der Waals surface area contributed by atoms with Crippen LogP contribution in [0.2, 0.25) is 0 Å². The minimum atomic E-state index is 0.776. The highest BCUT2D eigenvalue weighted by Crippen LogP contribution is 2.95. The summed E-state index contributed by atoms with van der Waals surface area (Å²) in [6, 6.07) is 0. The Kier molecular flexibility index (Phi) is 2.48. The highest BCUT2D eigenvalue weighted by molar-refractivity contribution is 5.37. The Bertz CT molecular complexity index is 257. The minimum Gasteiger partial charge on any atom is -0.0651 e. The monoisotopic (exact) mass is 208 g/mol. The maximum absolute atomic E-state index is 2.52. The van der Waals surface area contributed by atoms with Gasteiger partial charge in [-0.3, -0.25) is 0 Å². The van der Waals surface area contributed by atoms with Gasteiger partial charge in [0, 0.05) is 0 Å². The van der Waals surface area contributed by atoms with Gasteiger partial charge in [-0.25, -0.2) is 0 Å². The summed E-state index contributed by atoms with van der Waals surface area (Å²) in [6.45, 7) is 14.7. The maximum Gasteiger partial charge on any atom is -0.0170 e. The molecule has 2 saturated carbocycles. The molecule has 0 aliphatic heterocycles. The SMILES string of the molecule is CCC(C)C(C)C12CC1(C(C)CC)C2C. The van der Waals surface area contributed by atoms with Crippen molar-refractivity contribution in [2.45, 2.75) is 60.8 Å². The maximum atomic E-state index is 2.52. The third-order valence-electron chi connectivity index (χ3n) is 6.59. The van der Waals surface area contributed by atoms with Crippen LogP contribution in [0.4, 0.5) is 0 Å². The van der Waals surface area contributed by atoms with Gasteiger partial charge in [0.15, 0.2) is 0 Å². The Balaban J connectivity index is 2.08. The Morgan fingerprint density at radius 1 is 1.07 bits per heavy atom. The van der Waals surface area contributed by atoms with E-state index < -0.39 is 0 Å². The summed E-state index contributed by atoms with van der Waals surface area (Å²) in [4.78, 5) is 0. The summed E-state index contributed by atoms with van der Waals surface area (Å²) < 4.78 is 0. The van der Waals surface area contributed by atoms with E-state index in [-0.39, 0.29) is 0 Å². The van der Waals surface area contributed by atoms with Gasteiger partial charge in [-0.15, -0.1) is 0 Å². The Morgan fingerprint density at radius 3 is 2.07 bits per heavy atom. The van der Waals surface area contributed by atoms with Crippen LogP contribution in [-0.2, 0) is 0 Å². The van der Waals surface area contributed by atoms with Crippen molar-refractivity contribution >= 4 is 0 Å². The van der Waals surface area contributed by atoms with Crippen molar-refractivity contribution in [2.24, 2.45) is 34.5 Å². The van der Waals surface area contributed by atoms with Crippen molar-refractivity contribution in [1.29, 1.82) is 0 Å². The fourth-order valence-corrected chi connectivity index (χ4v) is 4.76. The van der Waals surface area contributed by atoms with Crippen LogP contribution >= 0.6 is 0 Å². The van der Waals surface area contributed by atoms with Crippen molar-refractivity contribution in [3.8, 4) is 0 Å². The third-order valence-corrected chi connectivity index (χ3v) is 6.59. The van der Waals surface area contributed by atoms with Crippen LogP contribution in [0.1, 0.15) is 60.8 Å². The predicted molar refractivity (Wildman–Crippen MR) is 66.7 cm³/mol. The Morgan fingerprint density at radius 2 is 1.67 bits per heavy atom. The van der Waals surface area contributed by atoms with E-state index in [2.05, 4.69) is 41.5 Å². The van der Waals surface area contributed by atoms with Crippen LogP contribution in [0, 0.1) is 34.5 Å². The molecule has 0 radical (unpaired) electrons. The first-order valence-electron chi connectivity index (χ1n) is 6.99. The van der Waals surface area contributed by atoms with E-state index in [9.17, 15) is 0 Å². The van der Waals surface area contributed by atoms with E-state index in [1.54, 1.807) is 6.42 Å². The molecule has 2 aliphatic rings. The molecular weight excluding hydrogens is 180 g/mol. The van der Waals surface area contributed by atoms with Gasteiger partial charge < -0.3 is 0 Å². The Labute approximate surface area is 95.8 Å². The smallest absolute Gasteiger partial charge is 0.0170 e. The topological polar surface area (TPSA) is 0 Å². The highest BCUT2D eigenvalue weighted by Gasteiger charge is 2.90. The third kappa shape index (κ3) is 1.09. The molecule has 0 aromatic rings. The lowest BCUT2D eigenvalue weighted by atomic mass is 9.82. The van der Waals surface area contributed by atoms with Gasteiger partial charge in [-0.2, -0.15) is 0 Å². The highest BCUT2D eigenvalue weighted by atomic mass is 14.9. The summed E-state index contributed by atoms with van der Waals surface area (Å²) in [5, 5.41) is 0.